The quantitative estimate of drug-likeness (QED) is 0.714. The van der Waals surface area contributed by atoms with Crippen LogP contribution < -0.4 is 5.73 Å². The molecule has 2 N–H and O–H groups in total. The molecule has 0 amide bonds. The molecule has 0 bridgehead atoms. The van der Waals surface area contributed by atoms with Crippen LogP contribution in [0.4, 0.5) is 5.69 Å². The molecule has 3 heteroatoms. The van der Waals surface area contributed by atoms with E-state index in [1.165, 1.54) is 0 Å². The average molecular weight is 209 g/mol. The van der Waals surface area contributed by atoms with Crippen molar-refractivity contribution in [2.75, 3.05) is 5.73 Å². The Bertz CT molecular complexity index is 405. The number of rotatable bonds is 1. The SMILES string of the molecule is Nc1[c]cc(-c2ccc(Cl)s2)cc1. The van der Waals surface area contributed by atoms with E-state index in [0.717, 1.165) is 14.8 Å². The number of nitrogens with two attached hydrogens (primary N) is 1. The molecule has 65 valence electrons. The van der Waals surface area contributed by atoms with Crippen LogP contribution in [-0.2, 0) is 0 Å². The summed E-state index contributed by atoms with van der Waals surface area (Å²) in [5.41, 5.74) is 7.29. The Morgan fingerprint density at radius 3 is 2.62 bits per heavy atom. The molecule has 1 nitrogen and oxygen atoms in total. The Morgan fingerprint density at radius 1 is 1.23 bits per heavy atom. The van der Waals surface area contributed by atoms with Gasteiger partial charge in [0.1, 0.15) is 0 Å². The molecule has 0 saturated heterocycles. The van der Waals surface area contributed by atoms with Crippen LogP contribution in [0, 0.1) is 6.07 Å². The van der Waals surface area contributed by atoms with Gasteiger partial charge >= 0.3 is 0 Å². The second-order valence-electron chi connectivity index (χ2n) is 2.64. The highest BCUT2D eigenvalue weighted by Crippen LogP contribution is 2.30. The van der Waals surface area contributed by atoms with Crippen molar-refractivity contribution in [2.24, 2.45) is 0 Å². The lowest BCUT2D eigenvalue weighted by Crippen LogP contribution is -1.82. The lowest BCUT2D eigenvalue weighted by Gasteiger charge is -1.96. The van der Waals surface area contributed by atoms with Gasteiger partial charge in [-0.15, -0.1) is 11.3 Å². The summed E-state index contributed by atoms with van der Waals surface area (Å²) in [4.78, 5) is 1.14. The van der Waals surface area contributed by atoms with E-state index in [2.05, 4.69) is 6.07 Å². The standard InChI is InChI=1S/C10H7ClNS/c11-10-6-5-9(13-10)7-1-3-8(12)4-2-7/h1-3,5-6H,12H2. The first-order valence-electron chi connectivity index (χ1n) is 3.78. The van der Waals surface area contributed by atoms with Gasteiger partial charge in [-0.2, -0.15) is 0 Å². The zero-order valence-corrected chi connectivity index (χ0v) is 8.32. The third-order valence-electron chi connectivity index (χ3n) is 1.69. The summed E-state index contributed by atoms with van der Waals surface area (Å²) in [5, 5.41) is 0. The Balaban J connectivity index is 2.41. The highest BCUT2D eigenvalue weighted by Gasteiger charge is 2.00. The van der Waals surface area contributed by atoms with E-state index in [1.54, 1.807) is 11.3 Å². The van der Waals surface area contributed by atoms with Crippen molar-refractivity contribution >= 4 is 28.6 Å². The Kier molecular flexibility index (Phi) is 2.25. The van der Waals surface area contributed by atoms with Gasteiger partial charge in [0.05, 0.1) is 4.34 Å². The van der Waals surface area contributed by atoms with E-state index >= 15 is 0 Å². The summed E-state index contributed by atoms with van der Waals surface area (Å²) in [6, 6.07) is 12.5. The van der Waals surface area contributed by atoms with Crippen molar-refractivity contribution in [2.45, 2.75) is 0 Å². The summed E-state index contributed by atoms with van der Waals surface area (Å²) in [6.45, 7) is 0. The Hall–Kier alpha value is -0.990. The number of hydrogen-bond donors (Lipinski definition) is 1. The third-order valence-corrected chi connectivity index (χ3v) is 2.97. The minimum atomic E-state index is 0.659. The average Bonchev–Trinajstić information content (AvgIpc) is 2.53. The Labute approximate surface area is 85.8 Å². The molecule has 2 aromatic rings. The number of nitrogen functional groups attached to an aromatic ring is 1. The van der Waals surface area contributed by atoms with Gasteiger partial charge in [0.25, 0.3) is 0 Å². The maximum atomic E-state index is 5.83. The molecule has 0 unspecified atom stereocenters. The molecule has 0 aliphatic carbocycles. The van der Waals surface area contributed by atoms with Gasteiger partial charge in [-0.3, -0.25) is 0 Å². The number of anilines is 1. The maximum Gasteiger partial charge on any atom is 0.0934 e. The van der Waals surface area contributed by atoms with Crippen LogP contribution in [-0.4, -0.2) is 0 Å². The van der Waals surface area contributed by atoms with Gasteiger partial charge in [0, 0.05) is 16.6 Å². The molecule has 0 fully saturated rings. The largest absolute Gasteiger partial charge is 0.398 e. The fraction of sp³-hybridized carbons (Fsp3) is 0. The maximum absolute atomic E-state index is 5.83. The lowest BCUT2D eigenvalue weighted by molar-refractivity contribution is 1.66. The minimum absolute atomic E-state index is 0.659. The molecule has 13 heavy (non-hydrogen) atoms. The van der Waals surface area contributed by atoms with Crippen molar-refractivity contribution < 1.29 is 0 Å². The van der Waals surface area contributed by atoms with Gasteiger partial charge in [-0.25, -0.2) is 0 Å². The summed E-state index contributed by atoms with van der Waals surface area (Å²) in [7, 11) is 0. The molecule has 1 aromatic heterocycles. The predicted molar refractivity (Wildman–Crippen MR) is 58.0 cm³/mol. The fourth-order valence-electron chi connectivity index (χ4n) is 1.06. The first-order valence-corrected chi connectivity index (χ1v) is 4.98. The molecular formula is C10H7ClNS. The zero-order valence-electron chi connectivity index (χ0n) is 6.75. The van der Waals surface area contributed by atoms with Crippen LogP contribution in [0.5, 0.6) is 0 Å². The second-order valence-corrected chi connectivity index (χ2v) is 4.35. The van der Waals surface area contributed by atoms with Crippen LogP contribution in [0.25, 0.3) is 10.4 Å². The van der Waals surface area contributed by atoms with Gasteiger partial charge in [-0.1, -0.05) is 17.7 Å². The van der Waals surface area contributed by atoms with Gasteiger partial charge in [0.2, 0.25) is 0 Å². The van der Waals surface area contributed by atoms with E-state index in [-0.39, 0.29) is 0 Å². The predicted octanol–water partition coefficient (Wildman–Crippen LogP) is 3.45. The number of hydrogen-bond acceptors (Lipinski definition) is 2. The van der Waals surface area contributed by atoms with Crippen molar-refractivity contribution in [3.63, 3.8) is 0 Å². The fourth-order valence-corrected chi connectivity index (χ4v) is 2.10. The zero-order chi connectivity index (χ0) is 9.26. The van der Waals surface area contributed by atoms with Crippen LogP contribution in [0.15, 0.2) is 30.3 Å². The molecule has 1 radical (unpaired) electrons. The van der Waals surface area contributed by atoms with Gasteiger partial charge < -0.3 is 5.73 Å². The minimum Gasteiger partial charge on any atom is -0.398 e. The van der Waals surface area contributed by atoms with Crippen LogP contribution in [0.2, 0.25) is 4.34 Å². The summed E-state index contributed by atoms with van der Waals surface area (Å²) in [5.74, 6) is 0. The van der Waals surface area contributed by atoms with E-state index in [0.29, 0.717) is 5.69 Å². The third kappa shape index (κ3) is 1.85. The summed E-state index contributed by atoms with van der Waals surface area (Å²) < 4.78 is 0.798. The number of thiophene rings is 1. The number of halogens is 1. The summed E-state index contributed by atoms with van der Waals surface area (Å²) >= 11 is 7.38. The molecule has 1 heterocycles. The molecule has 0 spiro atoms. The first-order chi connectivity index (χ1) is 6.25. The van der Waals surface area contributed by atoms with Crippen LogP contribution >= 0.6 is 22.9 Å². The van der Waals surface area contributed by atoms with Crippen LogP contribution in [0.1, 0.15) is 0 Å². The molecular weight excluding hydrogens is 202 g/mol. The molecule has 2 rings (SSSR count). The van der Waals surface area contributed by atoms with Crippen molar-refractivity contribution in [3.8, 4) is 10.4 Å². The van der Waals surface area contributed by atoms with Crippen molar-refractivity contribution in [1.29, 1.82) is 0 Å². The van der Waals surface area contributed by atoms with E-state index in [4.69, 9.17) is 17.3 Å². The van der Waals surface area contributed by atoms with E-state index in [9.17, 15) is 0 Å². The van der Waals surface area contributed by atoms with Gasteiger partial charge in [0.15, 0.2) is 0 Å². The molecule has 0 atom stereocenters. The van der Waals surface area contributed by atoms with E-state index < -0.39 is 0 Å². The molecule has 0 saturated carbocycles. The monoisotopic (exact) mass is 208 g/mol. The topological polar surface area (TPSA) is 26.0 Å². The smallest absolute Gasteiger partial charge is 0.0934 e. The first kappa shape index (κ1) is 8.60. The molecule has 0 aliphatic rings. The highest BCUT2D eigenvalue weighted by atomic mass is 35.5. The normalized spacial score (nSPS) is 10.2. The van der Waals surface area contributed by atoms with E-state index in [1.807, 2.05) is 30.3 Å². The van der Waals surface area contributed by atoms with Crippen LogP contribution in [0.3, 0.4) is 0 Å². The summed E-state index contributed by atoms with van der Waals surface area (Å²) in [6.07, 6.45) is 0. The molecule has 0 aliphatic heterocycles. The second kappa shape index (κ2) is 3.40. The Morgan fingerprint density at radius 2 is 2.08 bits per heavy atom. The number of benzene rings is 1. The van der Waals surface area contributed by atoms with Gasteiger partial charge in [-0.05, 0) is 29.8 Å². The lowest BCUT2D eigenvalue weighted by atomic mass is 10.2. The van der Waals surface area contributed by atoms with Crippen molar-refractivity contribution in [1.82, 2.24) is 0 Å². The van der Waals surface area contributed by atoms with Crippen molar-refractivity contribution in [3.05, 3.63) is 40.7 Å². The highest BCUT2D eigenvalue weighted by molar-refractivity contribution is 7.19. The molecule has 1 aromatic carbocycles.